The lowest BCUT2D eigenvalue weighted by molar-refractivity contribution is 0.110. The van der Waals surface area contributed by atoms with Crippen LogP contribution in [0.3, 0.4) is 0 Å². The monoisotopic (exact) mass is 312 g/mol. The number of aryl methyl sites for hydroxylation is 1. The molecule has 0 spiro atoms. The van der Waals surface area contributed by atoms with Gasteiger partial charge in [0.1, 0.15) is 11.9 Å². The lowest BCUT2D eigenvalue weighted by Gasteiger charge is -2.31. The molecule has 0 amide bonds. The summed E-state index contributed by atoms with van der Waals surface area (Å²) in [5.41, 5.74) is 4.61. The van der Waals surface area contributed by atoms with Crippen molar-refractivity contribution in [2.75, 3.05) is 13.7 Å². The second kappa shape index (κ2) is 7.18. The molecule has 2 nitrogen and oxygen atoms in total. The summed E-state index contributed by atoms with van der Waals surface area (Å²) in [6, 6.07) is 6.39. The zero-order valence-corrected chi connectivity index (χ0v) is 15.0. The molecule has 0 saturated carbocycles. The van der Waals surface area contributed by atoms with Gasteiger partial charge in [-0.15, -0.1) is 0 Å². The molecule has 1 aromatic carbocycles. The average Bonchev–Trinajstić information content (AvgIpc) is 2.53. The highest BCUT2D eigenvalue weighted by Gasteiger charge is 2.27. The summed E-state index contributed by atoms with van der Waals surface area (Å²) in [5.74, 6) is 0.926. The predicted octanol–water partition coefficient (Wildman–Crippen LogP) is 5.13. The van der Waals surface area contributed by atoms with Crippen LogP contribution in [0, 0.1) is 6.92 Å². The number of methoxy groups -OCH3 is 1. The molecule has 0 fully saturated rings. The first-order chi connectivity index (χ1) is 10.9. The quantitative estimate of drug-likeness (QED) is 0.725. The van der Waals surface area contributed by atoms with Gasteiger partial charge in [0.15, 0.2) is 0 Å². The number of hydrogen-bond donors (Lipinski definition) is 0. The summed E-state index contributed by atoms with van der Waals surface area (Å²) < 4.78 is 11.2. The van der Waals surface area contributed by atoms with Gasteiger partial charge in [-0.3, -0.25) is 0 Å². The fourth-order valence-corrected chi connectivity index (χ4v) is 2.87. The molecule has 1 atom stereocenters. The minimum absolute atomic E-state index is 0.00658. The molecule has 0 radical (unpaired) electrons. The summed E-state index contributed by atoms with van der Waals surface area (Å²) in [6.07, 6.45) is 7.48. The van der Waals surface area contributed by atoms with Gasteiger partial charge in [-0.05, 0) is 41.7 Å². The van der Waals surface area contributed by atoms with Crippen molar-refractivity contribution in [1.29, 1.82) is 0 Å². The maximum Gasteiger partial charge on any atom is 0.121 e. The number of hydrogen-bond acceptors (Lipinski definition) is 2. The van der Waals surface area contributed by atoms with Crippen LogP contribution < -0.4 is 4.74 Å². The Morgan fingerprint density at radius 3 is 2.57 bits per heavy atom. The first-order valence-electron chi connectivity index (χ1n) is 8.26. The standard InChI is InChI=1S/C21H28O2/c1-7-12-23-20-11-9-18(14-16(20)3)21(4,5)17-8-10-19(22-6)15(2)13-17/h8-11,13-14,20H,3,7,12H2,1-2,4-6H3. The van der Waals surface area contributed by atoms with E-state index in [0.29, 0.717) is 0 Å². The molecule has 0 saturated heterocycles. The van der Waals surface area contributed by atoms with Crippen molar-refractivity contribution in [2.45, 2.75) is 45.6 Å². The SMILES string of the molecule is C=C1C=C(C(C)(C)c2ccc(OC)c(C)c2)C=CC1OCCC. The normalized spacial score (nSPS) is 18.0. The molecule has 2 rings (SSSR count). The highest BCUT2D eigenvalue weighted by molar-refractivity contribution is 5.50. The number of benzene rings is 1. The molecular formula is C21H28O2. The minimum atomic E-state index is -0.0911. The maximum atomic E-state index is 5.81. The van der Waals surface area contributed by atoms with Crippen molar-refractivity contribution in [3.8, 4) is 5.75 Å². The van der Waals surface area contributed by atoms with Gasteiger partial charge in [0.2, 0.25) is 0 Å². The van der Waals surface area contributed by atoms with E-state index in [1.54, 1.807) is 7.11 Å². The minimum Gasteiger partial charge on any atom is -0.496 e. The van der Waals surface area contributed by atoms with E-state index in [-0.39, 0.29) is 11.5 Å². The average molecular weight is 312 g/mol. The van der Waals surface area contributed by atoms with E-state index in [1.807, 2.05) is 6.07 Å². The second-order valence-corrected chi connectivity index (χ2v) is 6.63. The van der Waals surface area contributed by atoms with E-state index < -0.39 is 0 Å². The molecule has 0 N–H and O–H groups in total. The van der Waals surface area contributed by atoms with E-state index in [9.17, 15) is 0 Å². The van der Waals surface area contributed by atoms with Crippen molar-refractivity contribution >= 4 is 0 Å². The molecule has 0 aliphatic heterocycles. The fraction of sp³-hybridized carbons (Fsp3) is 0.429. The smallest absolute Gasteiger partial charge is 0.121 e. The number of allylic oxidation sites excluding steroid dienone is 2. The molecule has 0 bridgehead atoms. The van der Waals surface area contributed by atoms with E-state index in [4.69, 9.17) is 9.47 Å². The van der Waals surface area contributed by atoms with E-state index in [2.05, 4.69) is 64.6 Å². The first-order valence-corrected chi connectivity index (χ1v) is 8.26. The highest BCUT2D eigenvalue weighted by Crippen LogP contribution is 2.37. The van der Waals surface area contributed by atoms with E-state index in [0.717, 1.165) is 29.9 Å². The van der Waals surface area contributed by atoms with Gasteiger partial charge in [0.05, 0.1) is 7.11 Å². The topological polar surface area (TPSA) is 18.5 Å². The Balaban J connectivity index is 2.25. The molecule has 124 valence electrons. The van der Waals surface area contributed by atoms with Gasteiger partial charge in [-0.1, -0.05) is 57.7 Å². The van der Waals surface area contributed by atoms with E-state index >= 15 is 0 Å². The summed E-state index contributed by atoms with van der Waals surface area (Å²) >= 11 is 0. The predicted molar refractivity (Wildman–Crippen MR) is 97.2 cm³/mol. The Bertz CT molecular complexity index is 635. The lowest BCUT2D eigenvalue weighted by atomic mass is 9.75. The zero-order chi connectivity index (χ0) is 17.0. The van der Waals surface area contributed by atoms with Crippen LogP contribution in [0.2, 0.25) is 0 Å². The van der Waals surface area contributed by atoms with Crippen molar-refractivity contribution in [3.05, 3.63) is 65.3 Å². The molecule has 1 aromatic rings. The van der Waals surface area contributed by atoms with Crippen LogP contribution in [0.25, 0.3) is 0 Å². The molecular weight excluding hydrogens is 284 g/mol. The fourth-order valence-electron chi connectivity index (χ4n) is 2.87. The van der Waals surface area contributed by atoms with Crippen molar-refractivity contribution in [2.24, 2.45) is 0 Å². The van der Waals surface area contributed by atoms with Gasteiger partial charge in [0.25, 0.3) is 0 Å². The van der Waals surface area contributed by atoms with Crippen LogP contribution in [-0.4, -0.2) is 19.8 Å². The Labute approximate surface area is 140 Å². The van der Waals surface area contributed by atoms with Gasteiger partial charge in [-0.25, -0.2) is 0 Å². The van der Waals surface area contributed by atoms with Crippen molar-refractivity contribution in [1.82, 2.24) is 0 Å². The molecule has 2 heteroatoms. The molecule has 23 heavy (non-hydrogen) atoms. The summed E-state index contributed by atoms with van der Waals surface area (Å²) in [4.78, 5) is 0. The summed E-state index contributed by atoms with van der Waals surface area (Å²) in [7, 11) is 1.71. The lowest BCUT2D eigenvalue weighted by Crippen LogP contribution is -2.24. The van der Waals surface area contributed by atoms with Crippen LogP contribution in [0.1, 0.15) is 38.3 Å². The van der Waals surface area contributed by atoms with Gasteiger partial charge >= 0.3 is 0 Å². The zero-order valence-electron chi connectivity index (χ0n) is 15.0. The van der Waals surface area contributed by atoms with Gasteiger partial charge in [0, 0.05) is 12.0 Å². The van der Waals surface area contributed by atoms with Gasteiger partial charge < -0.3 is 9.47 Å². The first kappa shape index (κ1) is 17.6. The maximum absolute atomic E-state index is 5.81. The molecule has 1 aliphatic carbocycles. The Hall–Kier alpha value is -1.80. The Morgan fingerprint density at radius 1 is 1.26 bits per heavy atom. The van der Waals surface area contributed by atoms with Crippen LogP contribution >= 0.6 is 0 Å². The van der Waals surface area contributed by atoms with Crippen LogP contribution in [0.15, 0.2) is 54.2 Å². The summed E-state index contributed by atoms with van der Waals surface area (Å²) in [5, 5.41) is 0. The van der Waals surface area contributed by atoms with E-state index in [1.165, 1.54) is 11.1 Å². The third-order valence-corrected chi connectivity index (χ3v) is 4.50. The Kier molecular flexibility index (Phi) is 5.48. The number of rotatable bonds is 6. The Morgan fingerprint density at radius 2 is 2.00 bits per heavy atom. The van der Waals surface area contributed by atoms with Crippen LogP contribution in [-0.2, 0) is 10.2 Å². The van der Waals surface area contributed by atoms with Crippen LogP contribution in [0.4, 0.5) is 0 Å². The summed E-state index contributed by atoms with van der Waals surface area (Å²) in [6.45, 7) is 13.6. The highest BCUT2D eigenvalue weighted by atomic mass is 16.5. The second-order valence-electron chi connectivity index (χ2n) is 6.63. The van der Waals surface area contributed by atoms with Crippen LogP contribution in [0.5, 0.6) is 5.75 Å². The molecule has 1 unspecified atom stereocenters. The van der Waals surface area contributed by atoms with Crippen molar-refractivity contribution < 1.29 is 9.47 Å². The third-order valence-electron chi connectivity index (χ3n) is 4.50. The molecule has 0 aromatic heterocycles. The molecule has 1 aliphatic rings. The number of ether oxygens (including phenoxy) is 2. The van der Waals surface area contributed by atoms with Gasteiger partial charge in [-0.2, -0.15) is 0 Å². The molecule has 0 heterocycles. The third kappa shape index (κ3) is 3.76. The van der Waals surface area contributed by atoms with Crippen molar-refractivity contribution in [3.63, 3.8) is 0 Å². The largest absolute Gasteiger partial charge is 0.496 e.